The van der Waals surface area contributed by atoms with Crippen molar-refractivity contribution in [2.24, 2.45) is 4.99 Å². The molecule has 0 aliphatic carbocycles. The maximum atomic E-state index is 11.4. The number of benzene rings is 1. The molecule has 4 heteroatoms. The van der Waals surface area contributed by atoms with Crippen LogP contribution in [-0.4, -0.2) is 16.5 Å². The molecular formula is C9H9NO2S. The summed E-state index contributed by atoms with van der Waals surface area (Å²) in [6.07, 6.45) is 1.36. The summed E-state index contributed by atoms with van der Waals surface area (Å²) in [6.45, 7) is 1.95. The van der Waals surface area contributed by atoms with Crippen LogP contribution in [0.1, 0.15) is 5.56 Å². The van der Waals surface area contributed by atoms with Gasteiger partial charge in [-0.1, -0.05) is 17.7 Å². The van der Waals surface area contributed by atoms with Crippen LogP contribution >= 0.6 is 0 Å². The van der Waals surface area contributed by atoms with Gasteiger partial charge in [-0.25, -0.2) is 4.79 Å². The van der Waals surface area contributed by atoms with Crippen LogP contribution in [0.4, 0.5) is 0 Å². The molecule has 1 rings (SSSR count). The minimum Gasteiger partial charge on any atom is -0.610 e. The summed E-state index contributed by atoms with van der Waals surface area (Å²) in [7, 11) is 0. The van der Waals surface area contributed by atoms with Gasteiger partial charge in [0.25, 0.3) is 0 Å². The Morgan fingerprint density at radius 1 is 1.46 bits per heavy atom. The molecule has 0 N–H and O–H groups in total. The van der Waals surface area contributed by atoms with Gasteiger partial charge in [-0.3, -0.25) is 0 Å². The topological polar surface area (TPSA) is 52.5 Å². The van der Waals surface area contributed by atoms with Crippen molar-refractivity contribution in [2.75, 3.05) is 5.88 Å². The van der Waals surface area contributed by atoms with E-state index in [9.17, 15) is 9.35 Å². The largest absolute Gasteiger partial charge is 0.610 e. The molecule has 0 aliphatic heterocycles. The lowest BCUT2D eigenvalue weighted by molar-refractivity contribution is 0.562. The Kier molecular flexibility index (Phi) is 3.71. The van der Waals surface area contributed by atoms with Crippen LogP contribution < -0.4 is 0 Å². The van der Waals surface area contributed by atoms with E-state index in [-0.39, 0.29) is 5.88 Å². The smallest absolute Gasteiger partial charge is 0.239 e. The molecular weight excluding hydrogens is 186 g/mol. The van der Waals surface area contributed by atoms with Crippen molar-refractivity contribution >= 4 is 17.3 Å². The highest BCUT2D eigenvalue weighted by Gasteiger charge is 2.08. The van der Waals surface area contributed by atoms with E-state index in [2.05, 4.69) is 4.99 Å². The summed E-state index contributed by atoms with van der Waals surface area (Å²) < 4.78 is 11.4. The predicted octanol–water partition coefficient (Wildman–Crippen LogP) is 1.40. The first-order chi connectivity index (χ1) is 6.24. The maximum absolute atomic E-state index is 11.4. The number of isocyanates is 1. The van der Waals surface area contributed by atoms with Crippen LogP contribution in [0, 0.1) is 6.92 Å². The van der Waals surface area contributed by atoms with Crippen molar-refractivity contribution in [3.63, 3.8) is 0 Å². The van der Waals surface area contributed by atoms with Crippen molar-refractivity contribution in [1.29, 1.82) is 0 Å². The van der Waals surface area contributed by atoms with E-state index in [0.717, 1.165) is 5.56 Å². The molecule has 1 unspecified atom stereocenters. The van der Waals surface area contributed by atoms with Gasteiger partial charge in [0, 0.05) is 11.2 Å². The Morgan fingerprint density at radius 3 is 2.62 bits per heavy atom. The minimum atomic E-state index is -1.22. The van der Waals surface area contributed by atoms with Crippen molar-refractivity contribution < 1.29 is 9.35 Å². The van der Waals surface area contributed by atoms with E-state index in [1.165, 1.54) is 6.08 Å². The van der Waals surface area contributed by atoms with Gasteiger partial charge in [-0.05, 0) is 19.1 Å². The van der Waals surface area contributed by atoms with Crippen LogP contribution in [0.25, 0.3) is 0 Å². The Bertz CT molecular complexity index is 317. The van der Waals surface area contributed by atoms with Crippen LogP contribution in [0.2, 0.25) is 0 Å². The van der Waals surface area contributed by atoms with Crippen LogP contribution in [0.15, 0.2) is 34.2 Å². The molecule has 0 aliphatic rings. The third-order valence-corrected chi connectivity index (χ3v) is 2.69. The number of aryl methyl sites for hydroxylation is 1. The lowest BCUT2D eigenvalue weighted by atomic mass is 10.2. The van der Waals surface area contributed by atoms with Crippen molar-refractivity contribution in [3.8, 4) is 0 Å². The Labute approximate surface area is 79.7 Å². The van der Waals surface area contributed by atoms with Crippen molar-refractivity contribution in [2.45, 2.75) is 11.8 Å². The van der Waals surface area contributed by atoms with Gasteiger partial charge in [0.15, 0.2) is 4.90 Å². The standard InChI is InChI=1S/C9H9NO2S/c1-8-2-4-9(5-3-8)13(12)7-10-6-11/h2-5H,7H2,1H3. The molecule has 1 aromatic rings. The number of hydrogen-bond donors (Lipinski definition) is 0. The molecule has 0 saturated heterocycles. The van der Waals surface area contributed by atoms with Gasteiger partial charge >= 0.3 is 0 Å². The highest BCUT2D eigenvalue weighted by Crippen LogP contribution is 2.11. The molecule has 0 fully saturated rings. The maximum Gasteiger partial charge on any atom is 0.239 e. The second-order valence-corrected chi connectivity index (χ2v) is 3.96. The Morgan fingerprint density at radius 2 is 2.08 bits per heavy atom. The monoisotopic (exact) mass is 195 g/mol. The lowest BCUT2D eigenvalue weighted by Crippen LogP contribution is -2.04. The highest BCUT2D eigenvalue weighted by atomic mass is 32.2. The Balaban J connectivity index is 2.71. The van der Waals surface area contributed by atoms with Crippen LogP contribution in [0.5, 0.6) is 0 Å². The number of hydrogen-bond acceptors (Lipinski definition) is 3. The zero-order valence-corrected chi connectivity index (χ0v) is 8.00. The first-order valence-corrected chi connectivity index (χ1v) is 5.04. The van der Waals surface area contributed by atoms with E-state index < -0.39 is 11.2 Å². The van der Waals surface area contributed by atoms with E-state index in [0.29, 0.717) is 4.90 Å². The molecule has 13 heavy (non-hydrogen) atoms. The van der Waals surface area contributed by atoms with Crippen molar-refractivity contribution in [3.05, 3.63) is 29.8 Å². The van der Waals surface area contributed by atoms with E-state index in [4.69, 9.17) is 0 Å². The molecule has 0 amide bonds. The fourth-order valence-electron chi connectivity index (χ4n) is 0.850. The fraction of sp³-hybridized carbons (Fsp3) is 0.222. The molecule has 1 aromatic carbocycles. The summed E-state index contributed by atoms with van der Waals surface area (Å²) in [6, 6.07) is 7.28. The predicted molar refractivity (Wildman–Crippen MR) is 50.6 cm³/mol. The molecule has 0 heterocycles. The summed E-state index contributed by atoms with van der Waals surface area (Å²) in [4.78, 5) is 13.7. The molecule has 0 saturated carbocycles. The first kappa shape index (κ1) is 9.99. The van der Waals surface area contributed by atoms with Gasteiger partial charge in [-0.15, -0.1) is 0 Å². The molecule has 0 bridgehead atoms. The third kappa shape index (κ3) is 3.03. The second kappa shape index (κ2) is 4.82. The fourth-order valence-corrected chi connectivity index (χ4v) is 1.61. The zero-order chi connectivity index (χ0) is 9.68. The average molecular weight is 195 g/mol. The molecule has 0 spiro atoms. The van der Waals surface area contributed by atoms with E-state index in [1.807, 2.05) is 19.1 Å². The number of aliphatic imine (C=N–C) groups is 1. The van der Waals surface area contributed by atoms with E-state index in [1.54, 1.807) is 12.1 Å². The molecule has 68 valence electrons. The lowest BCUT2D eigenvalue weighted by Gasteiger charge is -2.06. The summed E-state index contributed by atoms with van der Waals surface area (Å²) in [5.74, 6) is -0.00738. The second-order valence-electron chi connectivity index (χ2n) is 2.54. The number of nitrogens with zero attached hydrogens (tertiary/aromatic N) is 1. The molecule has 0 aromatic heterocycles. The normalized spacial score (nSPS) is 11.8. The van der Waals surface area contributed by atoms with Crippen LogP contribution in [0.3, 0.4) is 0 Å². The summed E-state index contributed by atoms with van der Waals surface area (Å²) in [5, 5.41) is 0. The minimum absolute atomic E-state index is 0.00738. The number of rotatable bonds is 3. The summed E-state index contributed by atoms with van der Waals surface area (Å²) >= 11 is -1.22. The number of carbonyl (C=O) groups excluding carboxylic acids is 1. The van der Waals surface area contributed by atoms with Crippen LogP contribution in [-0.2, 0) is 16.0 Å². The highest BCUT2D eigenvalue weighted by molar-refractivity contribution is 7.91. The van der Waals surface area contributed by atoms with Gasteiger partial charge in [0.2, 0.25) is 12.0 Å². The van der Waals surface area contributed by atoms with Gasteiger partial charge < -0.3 is 4.55 Å². The van der Waals surface area contributed by atoms with Gasteiger partial charge in [0.05, 0.1) is 0 Å². The third-order valence-electron chi connectivity index (χ3n) is 1.53. The quantitative estimate of drug-likeness (QED) is 0.416. The van der Waals surface area contributed by atoms with Crippen molar-refractivity contribution in [1.82, 2.24) is 0 Å². The van der Waals surface area contributed by atoms with Gasteiger partial charge in [-0.2, -0.15) is 4.99 Å². The average Bonchev–Trinajstić information content (AvgIpc) is 2.15. The molecule has 3 nitrogen and oxygen atoms in total. The van der Waals surface area contributed by atoms with Gasteiger partial charge in [0.1, 0.15) is 0 Å². The zero-order valence-electron chi connectivity index (χ0n) is 7.19. The molecule has 1 atom stereocenters. The SMILES string of the molecule is Cc1ccc([S+]([O-])CN=C=O)cc1. The molecule has 0 radical (unpaired) electrons. The summed E-state index contributed by atoms with van der Waals surface area (Å²) in [5.41, 5.74) is 1.11. The Hall–Kier alpha value is -1.09. The van der Waals surface area contributed by atoms with E-state index >= 15 is 0 Å². The first-order valence-electron chi connectivity index (χ1n) is 3.72.